The van der Waals surface area contributed by atoms with Crippen LogP contribution in [0.4, 0.5) is 0 Å². The Labute approximate surface area is 156 Å². The summed E-state index contributed by atoms with van der Waals surface area (Å²) in [5.74, 6) is 0.370. The second kappa shape index (κ2) is 8.23. The predicted octanol–water partition coefficient (Wildman–Crippen LogP) is 2.58. The fourth-order valence-electron chi connectivity index (χ4n) is 3.26. The number of hydrogen-bond acceptors (Lipinski definition) is 6. The Morgan fingerprint density at radius 1 is 1.35 bits per heavy atom. The maximum atomic E-state index is 13.2. The molecule has 1 fully saturated rings. The highest BCUT2D eigenvalue weighted by Crippen LogP contribution is 2.36. The Balaban J connectivity index is 2.02. The van der Waals surface area contributed by atoms with Crippen LogP contribution in [0.15, 0.2) is 24.0 Å². The SMILES string of the molecule is COC(C)(C)CCOC1=CCC(S(=O)(=O)C2(C(C)=O)CCOCC2)C=C1. The van der Waals surface area contributed by atoms with Crippen LogP contribution in [0, 0.1) is 0 Å². The van der Waals surface area contributed by atoms with E-state index in [0.29, 0.717) is 32.0 Å². The number of hydrogen-bond donors (Lipinski definition) is 0. The number of allylic oxidation sites excluding steroid dienone is 2. The summed E-state index contributed by atoms with van der Waals surface area (Å²) in [6.45, 7) is 6.43. The smallest absolute Gasteiger partial charge is 0.169 e. The highest BCUT2D eigenvalue weighted by molar-refractivity contribution is 7.94. The van der Waals surface area contributed by atoms with Gasteiger partial charge in [-0.05, 0) is 52.2 Å². The van der Waals surface area contributed by atoms with E-state index in [0.717, 1.165) is 6.42 Å². The average Bonchev–Trinajstić information content (AvgIpc) is 2.62. The van der Waals surface area contributed by atoms with E-state index in [1.54, 1.807) is 25.3 Å². The maximum Gasteiger partial charge on any atom is 0.169 e. The Morgan fingerprint density at radius 2 is 2.00 bits per heavy atom. The van der Waals surface area contributed by atoms with Crippen LogP contribution in [0.2, 0.25) is 0 Å². The van der Waals surface area contributed by atoms with Gasteiger partial charge in [-0.1, -0.05) is 6.08 Å². The number of rotatable bonds is 8. The lowest BCUT2D eigenvalue weighted by atomic mass is 9.95. The average molecular weight is 387 g/mol. The molecule has 1 aliphatic carbocycles. The number of ether oxygens (including phenoxy) is 3. The molecule has 0 aromatic rings. The van der Waals surface area contributed by atoms with Gasteiger partial charge in [0.2, 0.25) is 0 Å². The summed E-state index contributed by atoms with van der Waals surface area (Å²) in [6.07, 6.45) is 6.63. The number of ketones is 1. The molecule has 0 aromatic heterocycles. The van der Waals surface area contributed by atoms with Gasteiger partial charge in [0, 0.05) is 26.7 Å². The molecule has 0 N–H and O–H groups in total. The van der Waals surface area contributed by atoms with E-state index in [-0.39, 0.29) is 24.2 Å². The summed E-state index contributed by atoms with van der Waals surface area (Å²) < 4.78 is 41.4. The topological polar surface area (TPSA) is 78.9 Å². The summed E-state index contributed by atoms with van der Waals surface area (Å²) in [5, 5.41) is -0.702. The number of sulfone groups is 1. The predicted molar refractivity (Wildman–Crippen MR) is 99.7 cm³/mol. The quantitative estimate of drug-likeness (QED) is 0.638. The van der Waals surface area contributed by atoms with Crippen LogP contribution in [0.1, 0.15) is 46.5 Å². The van der Waals surface area contributed by atoms with Crippen LogP contribution in [-0.4, -0.2) is 56.7 Å². The van der Waals surface area contributed by atoms with Gasteiger partial charge in [0.05, 0.1) is 17.5 Å². The first-order chi connectivity index (χ1) is 12.1. The minimum absolute atomic E-state index is 0.230. The van der Waals surface area contributed by atoms with Crippen molar-refractivity contribution >= 4 is 15.6 Å². The second-order valence-corrected chi connectivity index (χ2v) is 9.99. The summed E-state index contributed by atoms with van der Waals surface area (Å²) in [7, 11) is -1.99. The lowest BCUT2D eigenvalue weighted by Gasteiger charge is -2.36. The molecule has 1 atom stereocenters. The van der Waals surface area contributed by atoms with E-state index in [2.05, 4.69) is 0 Å². The fraction of sp³-hybridized carbons (Fsp3) is 0.737. The lowest BCUT2D eigenvalue weighted by molar-refractivity contribution is -0.121. The Hall–Kier alpha value is -1.18. The summed E-state index contributed by atoms with van der Waals surface area (Å²) in [4.78, 5) is 12.2. The third-order valence-electron chi connectivity index (χ3n) is 5.44. The summed E-state index contributed by atoms with van der Waals surface area (Å²) in [6, 6.07) is 0. The van der Waals surface area contributed by atoms with Crippen molar-refractivity contribution < 1.29 is 27.4 Å². The van der Waals surface area contributed by atoms with Gasteiger partial charge in [0.15, 0.2) is 15.6 Å². The van der Waals surface area contributed by atoms with Crippen molar-refractivity contribution in [3.63, 3.8) is 0 Å². The first-order valence-electron chi connectivity index (χ1n) is 9.03. The van der Waals surface area contributed by atoms with Crippen molar-refractivity contribution in [3.8, 4) is 0 Å². The van der Waals surface area contributed by atoms with Crippen molar-refractivity contribution in [3.05, 3.63) is 24.0 Å². The molecule has 0 saturated carbocycles. The maximum absolute atomic E-state index is 13.2. The van der Waals surface area contributed by atoms with E-state index in [1.807, 2.05) is 13.8 Å². The largest absolute Gasteiger partial charge is 0.494 e. The van der Waals surface area contributed by atoms with Crippen molar-refractivity contribution in [1.29, 1.82) is 0 Å². The van der Waals surface area contributed by atoms with Crippen LogP contribution < -0.4 is 0 Å². The molecule has 1 aliphatic heterocycles. The van der Waals surface area contributed by atoms with E-state index in [9.17, 15) is 13.2 Å². The van der Waals surface area contributed by atoms with Crippen LogP contribution in [0.25, 0.3) is 0 Å². The van der Waals surface area contributed by atoms with Gasteiger partial charge < -0.3 is 14.2 Å². The minimum atomic E-state index is -3.65. The number of carbonyl (C=O) groups excluding carboxylic acids is 1. The van der Waals surface area contributed by atoms with Crippen LogP contribution in [-0.2, 0) is 28.8 Å². The molecule has 0 amide bonds. The van der Waals surface area contributed by atoms with Gasteiger partial charge in [-0.2, -0.15) is 0 Å². The van der Waals surface area contributed by atoms with Crippen molar-refractivity contribution in [2.75, 3.05) is 26.9 Å². The fourth-order valence-corrected chi connectivity index (χ4v) is 5.61. The van der Waals surface area contributed by atoms with Crippen LogP contribution in [0.5, 0.6) is 0 Å². The molecule has 6 nitrogen and oxygen atoms in total. The van der Waals surface area contributed by atoms with E-state index < -0.39 is 19.8 Å². The first kappa shape index (κ1) is 21.1. The zero-order chi connectivity index (χ0) is 19.4. The van der Waals surface area contributed by atoms with E-state index in [4.69, 9.17) is 14.2 Å². The molecule has 26 heavy (non-hydrogen) atoms. The van der Waals surface area contributed by atoms with Crippen molar-refractivity contribution in [2.45, 2.75) is 62.1 Å². The number of methoxy groups -OCH3 is 1. The zero-order valence-electron chi connectivity index (χ0n) is 16.1. The molecular formula is C19H30O6S. The van der Waals surface area contributed by atoms with Gasteiger partial charge in [-0.15, -0.1) is 0 Å². The molecule has 0 spiro atoms. The molecule has 148 valence electrons. The van der Waals surface area contributed by atoms with Crippen LogP contribution >= 0.6 is 0 Å². The first-order valence-corrected chi connectivity index (χ1v) is 10.6. The van der Waals surface area contributed by atoms with Gasteiger partial charge in [-0.3, -0.25) is 4.79 Å². The Morgan fingerprint density at radius 3 is 2.50 bits per heavy atom. The molecule has 1 heterocycles. The van der Waals surface area contributed by atoms with Gasteiger partial charge in [0.25, 0.3) is 0 Å². The normalized spacial score (nSPS) is 23.4. The Kier molecular flexibility index (Phi) is 6.69. The monoisotopic (exact) mass is 386 g/mol. The standard InChI is InChI=1S/C19H30O6S/c1-15(20)19(10-12-24-13-11-19)26(21,22)17-7-5-16(6-8-17)25-14-9-18(2,3)23-4/h5-7,17H,8-14H2,1-4H3. The van der Waals surface area contributed by atoms with Crippen molar-refractivity contribution in [1.82, 2.24) is 0 Å². The summed E-state index contributed by atoms with van der Waals surface area (Å²) >= 11 is 0. The molecule has 0 bridgehead atoms. The molecule has 7 heteroatoms. The minimum Gasteiger partial charge on any atom is -0.494 e. The second-order valence-electron chi connectivity index (χ2n) is 7.51. The van der Waals surface area contributed by atoms with Gasteiger partial charge in [0.1, 0.15) is 10.5 Å². The molecule has 0 aromatic carbocycles. The third kappa shape index (κ3) is 4.38. The zero-order valence-corrected chi connectivity index (χ0v) is 16.9. The van der Waals surface area contributed by atoms with Crippen molar-refractivity contribution in [2.24, 2.45) is 0 Å². The van der Waals surface area contributed by atoms with E-state index >= 15 is 0 Å². The lowest BCUT2D eigenvalue weighted by Crippen LogP contribution is -2.53. The molecule has 1 unspecified atom stereocenters. The molecule has 0 radical (unpaired) electrons. The number of carbonyl (C=O) groups is 1. The third-order valence-corrected chi connectivity index (χ3v) is 8.37. The van der Waals surface area contributed by atoms with E-state index in [1.165, 1.54) is 6.92 Å². The number of Topliss-reactive ketones (excluding diaryl/α,β-unsaturated/α-hetero) is 1. The molecule has 2 aliphatic rings. The van der Waals surface area contributed by atoms with Gasteiger partial charge >= 0.3 is 0 Å². The highest BCUT2D eigenvalue weighted by atomic mass is 32.2. The molecule has 2 rings (SSSR count). The summed E-state index contributed by atoms with van der Waals surface area (Å²) in [5.41, 5.74) is -0.262. The molecule has 1 saturated heterocycles. The highest BCUT2D eigenvalue weighted by Gasteiger charge is 2.51. The van der Waals surface area contributed by atoms with Crippen LogP contribution in [0.3, 0.4) is 0 Å². The van der Waals surface area contributed by atoms with Gasteiger partial charge in [-0.25, -0.2) is 8.42 Å². The Bertz CT molecular complexity index is 668. The molecular weight excluding hydrogens is 356 g/mol.